The van der Waals surface area contributed by atoms with Crippen molar-refractivity contribution in [2.24, 2.45) is 0 Å². The maximum atomic E-state index is 12.8. The first kappa shape index (κ1) is 14.0. The number of benzene rings is 1. The van der Waals surface area contributed by atoms with E-state index in [0.717, 1.165) is 0 Å². The van der Waals surface area contributed by atoms with Crippen molar-refractivity contribution in [3.63, 3.8) is 0 Å². The molecule has 17 heavy (non-hydrogen) atoms. The number of ether oxygens (including phenoxy) is 1. The summed E-state index contributed by atoms with van der Waals surface area (Å²) in [6, 6.07) is 5.85. The molecule has 0 heterocycles. The Morgan fingerprint density at radius 2 is 1.82 bits per heavy atom. The summed E-state index contributed by atoms with van der Waals surface area (Å²) in [6.07, 6.45) is 1.13. The smallest absolute Gasteiger partial charge is 0.134 e. The fraction of sp³-hybridized carbons (Fsp3) is 0.500. The van der Waals surface area contributed by atoms with Gasteiger partial charge in [0, 0.05) is 0 Å². The fourth-order valence-electron chi connectivity index (χ4n) is 1.93. The van der Waals surface area contributed by atoms with Gasteiger partial charge >= 0.3 is 0 Å². The molecule has 1 unspecified atom stereocenters. The zero-order valence-electron chi connectivity index (χ0n) is 10.4. The lowest BCUT2D eigenvalue weighted by molar-refractivity contribution is -0.0584. The average Bonchev–Trinajstić information content (AvgIpc) is 2.37. The van der Waals surface area contributed by atoms with Gasteiger partial charge in [-0.15, -0.1) is 0 Å². The van der Waals surface area contributed by atoms with E-state index in [4.69, 9.17) is 4.74 Å². The third-order valence-corrected chi connectivity index (χ3v) is 3.21. The molecule has 1 radical (unpaired) electrons. The van der Waals surface area contributed by atoms with Crippen LogP contribution in [-0.2, 0) is 0 Å². The summed E-state index contributed by atoms with van der Waals surface area (Å²) in [5, 5.41) is 10.0. The standard InChI is InChI=1S/C14H20FO2/c1-4-13(16)14(5-2,6-3)17-12-9-7-11(15)8-10-12/h7-10,13,16H,1,4-6H2,2-3H3. The molecule has 2 nitrogen and oxygen atoms in total. The zero-order chi connectivity index (χ0) is 12.9. The van der Waals surface area contributed by atoms with E-state index in [1.54, 1.807) is 12.1 Å². The Bertz CT molecular complexity index is 331. The first-order valence-electron chi connectivity index (χ1n) is 6.00. The second-order valence-corrected chi connectivity index (χ2v) is 4.13. The van der Waals surface area contributed by atoms with E-state index in [0.29, 0.717) is 25.0 Å². The van der Waals surface area contributed by atoms with E-state index in [1.807, 2.05) is 13.8 Å². The second kappa shape index (κ2) is 6.01. The van der Waals surface area contributed by atoms with Crippen LogP contribution in [0.1, 0.15) is 33.1 Å². The average molecular weight is 239 g/mol. The molecular weight excluding hydrogens is 219 g/mol. The summed E-state index contributed by atoms with van der Waals surface area (Å²) in [7, 11) is 0. The van der Waals surface area contributed by atoms with E-state index in [2.05, 4.69) is 6.92 Å². The fourth-order valence-corrected chi connectivity index (χ4v) is 1.93. The van der Waals surface area contributed by atoms with Crippen LogP contribution in [0, 0.1) is 12.7 Å². The largest absolute Gasteiger partial charge is 0.485 e. The van der Waals surface area contributed by atoms with Crippen LogP contribution in [0.25, 0.3) is 0 Å². The van der Waals surface area contributed by atoms with E-state index in [9.17, 15) is 9.50 Å². The number of hydrogen-bond acceptors (Lipinski definition) is 2. The third kappa shape index (κ3) is 3.19. The van der Waals surface area contributed by atoms with Crippen molar-refractivity contribution in [1.82, 2.24) is 0 Å². The lowest BCUT2D eigenvalue weighted by Crippen LogP contribution is -2.46. The molecule has 1 N–H and O–H groups in total. The first-order valence-corrected chi connectivity index (χ1v) is 6.00. The monoisotopic (exact) mass is 239 g/mol. The van der Waals surface area contributed by atoms with Gasteiger partial charge in [0.2, 0.25) is 0 Å². The number of aliphatic hydroxyl groups excluding tert-OH is 1. The zero-order valence-corrected chi connectivity index (χ0v) is 10.4. The summed E-state index contributed by atoms with van der Waals surface area (Å²) in [5.41, 5.74) is -0.639. The minimum atomic E-state index is -0.639. The highest BCUT2D eigenvalue weighted by atomic mass is 19.1. The molecule has 1 aromatic carbocycles. The number of hydrogen-bond donors (Lipinski definition) is 1. The molecule has 0 fully saturated rings. The van der Waals surface area contributed by atoms with Crippen LogP contribution in [-0.4, -0.2) is 16.8 Å². The van der Waals surface area contributed by atoms with Crippen molar-refractivity contribution in [1.29, 1.82) is 0 Å². The Kier molecular flexibility index (Phi) is 4.94. The van der Waals surface area contributed by atoms with Crippen molar-refractivity contribution >= 4 is 0 Å². The van der Waals surface area contributed by atoms with Gasteiger partial charge in [0.25, 0.3) is 0 Å². The second-order valence-electron chi connectivity index (χ2n) is 4.13. The lowest BCUT2D eigenvalue weighted by Gasteiger charge is -2.36. The maximum Gasteiger partial charge on any atom is 0.134 e. The van der Waals surface area contributed by atoms with Crippen molar-refractivity contribution in [3.05, 3.63) is 37.0 Å². The Labute approximate surface area is 102 Å². The molecule has 1 aromatic rings. The van der Waals surface area contributed by atoms with Gasteiger partial charge < -0.3 is 9.84 Å². The minimum Gasteiger partial charge on any atom is -0.485 e. The van der Waals surface area contributed by atoms with Gasteiger partial charge in [-0.1, -0.05) is 20.8 Å². The molecule has 95 valence electrons. The predicted molar refractivity (Wildman–Crippen MR) is 66.3 cm³/mol. The Hall–Kier alpha value is -1.09. The van der Waals surface area contributed by atoms with Crippen molar-refractivity contribution in [2.45, 2.75) is 44.8 Å². The van der Waals surface area contributed by atoms with Crippen LogP contribution in [0.5, 0.6) is 5.75 Å². The molecule has 0 saturated heterocycles. The van der Waals surface area contributed by atoms with Crippen molar-refractivity contribution in [2.75, 3.05) is 0 Å². The van der Waals surface area contributed by atoms with E-state index < -0.39 is 11.7 Å². The van der Waals surface area contributed by atoms with Crippen LogP contribution in [0.2, 0.25) is 0 Å². The molecular formula is C14H20FO2. The number of halogens is 1. The van der Waals surface area contributed by atoms with E-state index >= 15 is 0 Å². The number of rotatable bonds is 6. The van der Waals surface area contributed by atoms with Gasteiger partial charge in [0.15, 0.2) is 0 Å². The van der Waals surface area contributed by atoms with Crippen LogP contribution >= 0.6 is 0 Å². The van der Waals surface area contributed by atoms with E-state index in [1.165, 1.54) is 12.1 Å². The SMILES string of the molecule is [CH2]CC(O)C(CC)(CC)Oc1ccc(F)cc1. The molecule has 0 spiro atoms. The van der Waals surface area contributed by atoms with Crippen LogP contribution < -0.4 is 4.74 Å². The summed E-state index contributed by atoms with van der Waals surface area (Å²) in [4.78, 5) is 0. The molecule has 0 bridgehead atoms. The highest BCUT2D eigenvalue weighted by molar-refractivity contribution is 5.23. The molecule has 1 rings (SSSR count). The minimum absolute atomic E-state index is 0.298. The molecule has 0 aliphatic rings. The summed E-state index contributed by atoms with van der Waals surface area (Å²) in [6.45, 7) is 7.64. The summed E-state index contributed by atoms with van der Waals surface area (Å²) < 4.78 is 18.6. The van der Waals surface area contributed by atoms with Gasteiger partial charge in [-0.3, -0.25) is 0 Å². The molecule has 0 aliphatic heterocycles. The third-order valence-electron chi connectivity index (χ3n) is 3.21. The van der Waals surface area contributed by atoms with Crippen LogP contribution in [0.4, 0.5) is 4.39 Å². The molecule has 3 heteroatoms. The van der Waals surface area contributed by atoms with E-state index in [-0.39, 0.29) is 5.82 Å². The first-order chi connectivity index (χ1) is 8.07. The molecule has 0 aliphatic carbocycles. The molecule has 0 aromatic heterocycles. The Morgan fingerprint density at radius 3 is 2.24 bits per heavy atom. The van der Waals surface area contributed by atoms with Crippen LogP contribution in [0.15, 0.2) is 24.3 Å². The van der Waals surface area contributed by atoms with Crippen LogP contribution in [0.3, 0.4) is 0 Å². The lowest BCUT2D eigenvalue weighted by atomic mass is 9.88. The molecule has 0 amide bonds. The quantitative estimate of drug-likeness (QED) is 0.825. The number of aliphatic hydroxyl groups is 1. The topological polar surface area (TPSA) is 29.5 Å². The van der Waals surface area contributed by atoms with Gasteiger partial charge in [-0.2, -0.15) is 0 Å². The predicted octanol–water partition coefficient (Wildman–Crippen LogP) is 3.35. The normalized spacial score (nSPS) is 13.5. The summed E-state index contributed by atoms with van der Waals surface area (Å²) >= 11 is 0. The van der Waals surface area contributed by atoms with Gasteiger partial charge in [-0.05, 0) is 43.5 Å². The Morgan fingerprint density at radius 1 is 1.29 bits per heavy atom. The highest BCUT2D eigenvalue weighted by Gasteiger charge is 2.35. The van der Waals surface area contributed by atoms with Gasteiger partial charge in [0.1, 0.15) is 17.2 Å². The summed E-state index contributed by atoms with van der Waals surface area (Å²) in [5.74, 6) is 0.274. The molecule has 1 atom stereocenters. The van der Waals surface area contributed by atoms with Crippen molar-refractivity contribution in [3.8, 4) is 5.75 Å². The maximum absolute atomic E-state index is 12.8. The van der Waals surface area contributed by atoms with Gasteiger partial charge in [0.05, 0.1) is 6.10 Å². The van der Waals surface area contributed by atoms with Crippen molar-refractivity contribution < 1.29 is 14.2 Å². The van der Waals surface area contributed by atoms with Gasteiger partial charge in [-0.25, -0.2) is 4.39 Å². The highest BCUT2D eigenvalue weighted by Crippen LogP contribution is 2.29. The Balaban J connectivity index is 2.89. The molecule has 0 saturated carbocycles.